The molecule has 0 fully saturated rings. The molecule has 0 unspecified atom stereocenters. The van der Waals surface area contributed by atoms with Crippen LogP contribution in [0.5, 0.6) is 5.75 Å². The van der Waals surface area contributed by atoms with Gasteiger partial charge in [0.1, 0.15) is 0 Å². The molecule has 0 heterocycles. The molecule has 4 nitrogen and oxygen atoms in total. The van der Waals surface area contributed by atoms with Crippen molar-refractivity contribution in [2.75, 3.05) is 11.9 Å². The fourth-order valence-corrected chi connectivity index (χ4v) is 3.19. The van der Waals surface area contributed by atoms with E-state index in [1.54, 1.807) is 18.2 Å². The Kier molecular flexibility index (Phi) is 4.76. The molecule has 0 saturated carbocycles. The quantitative estimate of drug-likeness (QED) is 0.877. The van der Waals surface area contributed by atoms with E-state index >= 15 is 0 Å². The van der Waals surface area contributed by atoms with Gasteiger partial charge in [0, 0.05) is 11.7 Å². The molecular weight excluding hydrogens is 335 g/mol. The number of carbonyl (C=O) groups excluding carboxylic acids is 1. The van der Waals surface area contributed by atoms with Gasteiger partial charge in [0.15, 0.2) is 12.4 Å². The van der Waals surface area contributed by atoms with E-state index in [9.17, 15) is 4.79 Å². The van der Waals surface area contributed by atoms with Crippen LogP contribution in [0, 0.1) is 0 Å². The molecule has 0 aromatic heterocycles. The lowest BCUT2D eigenvalue weighted by Crippen LogP contribution is -2.20. The minimum Gasteiger partial charge on any atom is -0.481 e. The third kappa shape index (κ3) is 3.61. The van der Waals surface area contributed by atoms with Crippen molar-refractivity contribution in [3.8, 4) is 5.75 Å². The van der Waals surface area contributed by atoms with Crippen molar-refractivity contribution >= 4 is 34.8 Å². The molecule has 1 amide bonds. The van der Waals surface area contributed by atoms with Crippen LogP contribution >= 0.6 is 23.2 Å². The Hall–Kier alpha value is -1.75. The maximum absolute atomic E-state index is 12.0. The molecule has 120 valence electrons. The molecule has 2 aromatic rings. The van der Waals surface area contributed by atoms with Crippen molar-refractivity contribution in [2.24, 2.45) is 5.73 Å². The maximum Gasteiger partial charge on any atom is 0.262 e. The number of halogens is 2. The van der Waals surface area contributed by atoms with Gasteiger partial charge in [-0.1, -0.05) is 35.3 Å². The molecule has 0 radical (unpaired) electrons. The Balaban J connectivity index is 1.62. The number of nitrogens with one attached hydrogen (secondary N) is 1. The molecule has 1 atom stereocenters. The standard InChI is InChI=1S/C17H16Cl2N2O2/c18-13-2-1-3-14(19)17(13)23-9-16(22)21-11-5-6-12-10(8-11)4-7-15(12)20/h1-3,5-6,8,15H,4,7,9,20H2,(H,21,22)/t15-/m0/s1. The first kappa shape index (κ1) is 16.1. The van der Waals surface area contributed by atoms with E-state index < -0.39 is 0 Å². The predicted molar refractivity (Wildman–Crippen MR) is 92.3 cm³/mol. The first-order chi connectivity index (χ1) is 11.0. The lowest BCUT2D eigenvalue weighted by molar-refractivity contribution is -0.118. The predicted octanol–water partition coefficient (Wildman–Crippen LogP) is 3.96. The Morgan fingerprint density at radius 1 is 1.26 bits per heavy atom. The zero-order chi connectivity index (χ0) is 16.4. The van der Waals surface area contributed by atoms with Gasteiger partial charge >= 0.3 is 0 Å². The molecule has 0 bridgehead atoms. The van der Waals surface area contributed by atoms with Gasteiger partial charge in [0.2, 0.25) is 0 Å². The van der Waals surface area contributed by atoms with Crippen molar-refractivity contribution in [2.45, 2.75) is 18.9 Å². The maximum atomic E-state index is 12.0. The summed E-state index contributed by atoms with van der Waals surface area (Å²) in [5.74, 6) is 0.0362. The first-order valence-corrected chi connectivity index (χ1v) is 8.05. The second kappa shape index (κ2) is 6.79. The highest BCUT2D eigenvalue weighted by molar-refractivity contribution is 6.37. The van der Waals surface area contributed by atoms with Gasteiger partial charge < -0.3 is 15.8 Å². The molecule has 1 aliphatic carbocycles. The Morgan fingerprint density at radius 2 is 2.00 bits per heavy atom. The highest BCUT2D eigenvalue weighted by Gasteiger charge is 2.19. The second-order valence-corrected chi connectivity index (χ2v) is 6.26. The van der Waals surface area contributed by atoms with Crippen LogP contribution < -0.4 is 15.8 Å². The summed E-state index contributed by atoms with van der Waals surface area (Å²) in [5.41, 5.74) is 9.08. The van der Waals surface area contributed by atoms with Crippen LogP contribution in [0.4, 0.5) is 5.69 Å². The number of amides is 1. The molecule has 6 heteroatoms. The molecule has 3 rings (SSSR count). The van der Waals surface area contributed by atoms with Crippen molar-refractivity contribution in [1.82, 2.24) is 0 Å². The smallest absolute Gasteiger partial charge is 0.262 e. The minimum absolute atomic E-state index is 0.0976. The van der Waals surface area contributed by atoms with E-state index in [1.807, 2.05) is 18.2 Å². The normalized spacial score (nSPS) is 16.0. The van der Waals surface area contributed by atoms with Gasteiger partial charge in [-0.3, -0.25) is 4.79 Å². The summed E-state index contributed by atoms with van der Waals surface area (Å²) >= 11 is 12.0. The number of ether oxygens (including phenoxy) is 1. The molecular formula is C17H16Cl2N2O2. The summed E-state index contributed by atoms with van der Waals surface area (Å²) in [7, 11) is 0. The van der Waals surface area contributed by atoms with Crippen LogP contribution in [0.3, 0.4) is 0 Å². The first-order valence-electron chi connectivity index (χ1n) is 7.29. The van der Waals surface area contributed by atoms with Gasteiger partial charge in [-0.15, -0.1) is 0 Å². The van der Waals surface area contributed by atoms with Crippen molar-refractivity contribution in [3.05, 3.63) is 57.6 Å². The van der Waals surface area contributed by atoms with Gasteiger partial charge in [-0.2, -0.15) is 0 Å². The largest absolute Gasteiger partial charge is 0.481 e. The van der Waals surface area contributed by atoms with Crippen molar-refractivity contribution in [3.63, 3.8) is 0 Å². The summed E-state index contributed by atoms with van der Waals surface area (Å²) in [6.45, 7) is -0.167. The fourth-order valence-electron chi connectivity index (χ4n) is 2.68. The fraction of sp³-hybridized carbons (Fsp3) is 0.235. The number of aryl methyl sites for hydroxylation is 1. The number of hydrogen-bond donors (Lipinski definition) is 2. The minimum atomic E-state index is -0.275. The monoisotopic (exact) mass is 350 g/mol. The summed E-state index contributed by atoms with van der Waals surface area (Å²) in [5, 5.41) is 3.55. The average molecular weight is 351 g/mol. The number of fused-ring (bicyclic) bond motifs is 1. The van der Waals surface area contributed by atoms with Crippen LogP contribution in [0.25, 0.3) is 0 Å². The number of anilines is 1. The Bertz CT molecular complexity index is 729. The number of para-hydroxylation sites is 1. The second-order valence-electron chi connectivity index (χ2n) is 5.45. The van der Waals surface area contributed by atoms with E-state index in [4.69, 9.17) is 33.7 Å². The average Bonchev–Trinajstić information content (AvgIpc) is 2.87. The Morgan fingerprint density at radius 3 is 2.74 bits per heavy atom. The van der Waals surface area contributed by atoms with E-state index in [0.29, 0.717) is 15.8 Å². The summed E-state index contributed by atoms with van der Waals surface area (Å²) < 4.78 is 5.42. The topological polar surface area (TPSA) is 64.3 Å². The highest BCUT2D eigenvalue weighted by Crippen LogP contribution is 2.33. The molecule has 3 N–H and O–H groups in total. The molecule has 0 spiro atoms. The molecule has 0 saturated heterocycles. The summed E-state index contributed by atoms with van der Waals surface area (Å²) in [6.07, 6.45) is 1.88. The van der Waals surface area contributed by atoms with E-state index in [0.717, 1.165) is 24.1 Å². The number of nitrogens with two attached hydrogens (primary N) is 1. The van der Waals surface area contributed by atoms with Gasteiger partial charge in [-0.05, 0) is 48.2 Å². The van der Waals surface area contributed by atoms with Crippen LogP contribution in [0.15, 0.2) is 36.4 Å². The van der Waals surface area contributed by atoms with Gasteiger partial charge in [0.25, 0.3) is 5.91 Å². The van der Waals surface area contributed by atoms with E-state index in [-0.39, 0.29) is 18.6 Å². The number of carbonyl (C=O) groups is 1. The summed E-state index contributed by atoms with van der Waals surface area (Å²) in [6, 6.07) is 10.9. The number of rotatable bonds is 4. The lowest BCUT2D eigenvalue weighted by atomic mass is 10.1. The number of benzene rings is 2. The highest BCUT2D eigenvalue weighted by atomic mass is 35.5. The zero-order valence-corrected chi connectivity index (χ0v) is 13.8. The lowest BCUT2D eigenvalue weighted by Gasteiger charge is -2.11. The molecule has 2 aromatic carbocycles. The molecule has 1 aliphatic rings. The molecule has 23 heavy (non-hydrogen) atoms. The third-order valence-corrected chi connectivity index (χ3v) is 4.41. The van der Waals surface area contributed by atoms with Crippen molar-refractivity contribution < 1.29 is 9.53 Å². The van der Waals surface area contributed by atoms with Crippen LogP contribution in [-0.2, 0) is 11.2 Å². The van der Waals surface area contributed by atoms with Crippen LogP contribution in [0.1, 0.15) is 23.6 Å². The third-order valence-electron chi connectivity index (χ3n) is 3.82. The van der Waals surface area contributed by atoms with Crippen molar-refractivity contribution in [1.29, 1.82) is 0 Å². The van der Waals surface area contributed by atoms with Crippen LogP contribution in [-0.4, -0.2) is 12.5 Å². The van der Waals surface area contributed by atoms with E-state index in [1.165, 1.54) is 5.56 Å². The van der Waals surface area contributed by atoms with Gasteiger partial charge in [-0.25, -0.2) is 0 Å². The zero-order valence-electron chi connectivity index (χ0n) is 12.3. The summed E-state index contributed by atoms with van der Waals surface area (Å²) in [4.78, 5) is 12.0. The van der Waals surface area contributed by atoms with Gasteiger partial charge in [0.05, 0.1) is 10.0 Å². The number of hydrogen-bond acceptors (Lipinski definition) is 3. The molecule has 0 aliphatic heterocycles. The van der Waals surface area contributed by atoms with E-state index in [2.05, 4.69) is 5.32 Å². The van der Waals surface area contributed by atoms with Crippen LogP contribution in [0.2, 0.25) is 10.0 Å². The Labute approximate surface area is 144 Å². The SMILES string of the molecule is N[C@H]1CCc2cc(NC(=O)COc3c(Cl)cccc3Cl)ccc21.